The fourth-order valence-electron chi connectivity index (χ4n) is 3.34. The van der Waals surface area contributed by atoms with E-state index in [1.165, 1.54) is 23.8 Å². The zero-order chi connectivity index (χ0) is 23.3. The van der Waals surface area contributed by atoms with Gasteiger partial charge < -0.3 is 4.57 Å². The average molecular weight is 461 g/mol. The Labute approximate surface area is 181 Å². The number of rotatable bonds is 4. The van der Waals surface area contributed by atoms with E-state index >= 15 is 0 Å². The molecule has 4 rings (SSSR count). The first-order valence-electron chi connectivity index (χ1n) is 9.57. The second kappa shape index (κ2) is 7.66. The normalized spacial score (nSPS) is 12.4. The van der Waals surface area contributed by atoms with Crippen molar-refractivity contribution in [3.8, 4) is 22.6 Å². The van der Waals surface area contributed by atoms with Gasteiger partial charge in [0, 0.05) is 30.7 Å². The first-order chi connectivity index (χ1) is 15.0. The second-order valence-corrected chi connectivity index (χ2v) is 9.46. The summed E-state index contributed by atoms with van der Waals surface area (Å²) in [5.74, 6) is -0.0462. The van der Waals surface area contributed by atoms with E-state index < -0.39 is 21.7 Å². The number of nitrogens with zero attached hydrogens (tertiary/aromatic N) is 5. The van der Waals surface area contributed by atoms with Crippen LogP contribution in [0.1, 0.15) is 18.3 Å². The molecule has 0 aromatic carbocycles. The molecular weight excluding hydrogens is 443 g/mol. The molecule has 4 aromatic rings. The highest BCUT2D eigenvalue weighted by Gasteiger charge is 2.33. The van der Waals surface area contributed by atoms with E-state index in [9.17, 15) is 21.6 Å². The Morgan fingerprint density at radius 2 is 1.78 bits per heavy atom. The number of hydrogen-bond acceptors (Lipinski definition) is 6. The molecule has 166 valence electrons. The van der Waals surface area contributed by atoms with Gasteiger partial charge in [-0.25, -0.2) is 18.4 Å². The van der Waals surface area contributed by atoms with Crippen LogP contribution >= 0.6 is 0 Å². The summed E-state index contributed by atoms with van der Waals surface area (Å²) < 4.78 is 66.5. The summed E-state index contributed by atoms with van der Waals surface area (Å²) in [5, 5.41) is 0. The molecule has 11 heteroatoms. The third-order valence-electron chi connectivity index (χ3n) is 5.07. The zero-order valence-corrected chi connectivity index (χ0v) is 18.2. The summed E-state index contributed by atoms with van der Waals surface area (Å²) in [6.45, 7) is 3.33. The molecule has 0 aliphatic carbocycles. The smallest absolute Gasteiger partial charge is 0.324 e. The molecule has 0 saturated carbocycles. The Hall–Kier alpha value is -3.34. The van der Waals surface area contributed by atoms with Crippen LogP contribution in [-0.4, -0.2) is 38.7 Å². The topological polar surface area (TPSA) is 90.6 Å². The van der Waals surface area contributed by atoms with E-state index in [2.05, 4.69) is 19.9 Å². The molecule has 7 nitrogen and oxygen atoms in total. The molecule has 0 saturated heterocycles. The molecule has 0 atom stereocenters. The maximum absolute atomic E-state index is 13.1. The van der Waals surface area contributed by atoms with Crippen LogP contribution in [0.15, 0.2) is 47.8 Å². The van der Waals surface area contributed by atoms with Gasteiger partial charge in [-0.05, 0) is 36.8 Å². The molecule has 0 spiro atoms. The van der Waals surface area contributed by atoms with Crippen LogP contribution in [0.25, 0.3) is 33.7 Å². The SMILES string of the molecule is CCS(=O)(=O)c1cc(-c2ccnc(C)c2)cnc1-c1nc2cc(C(F)(F)F)ncc2n1C. The molecule has 0 fully saturated rings. The highest BCUT2D eigenvalue weighted by atomic mass is 32.2. The number of aromatic nitrogens is 5. The van der Waals surface area contributed by atoms with E-state index in [1.807, 2.05) is 6.92 Å². The lowest BCUT2D eigenvalue weighted by atomic mass is 10.1. The molecule has 32 heavy (non-hydrogen) atoms. The highest BCUT2D eigenvalue weighted by molar-refractivity contribution is 7.91. The van der Waals surface area contributed by atoms with E-state index in [4.69, 9.17) is 0 Å². The average Bonchev–Trinajstić information content (AvgIpc) is 3.08. The van der Waals surface area contributed by atoms with Gasteiger partial charge >= 0.3 is 6.18 Å². The van der Waals surface area contributed by atoms with Gasteiger partial charge in [0.2, 0.25) is 0 Å². The van der Waals surface area contributed by atoms with Gasteiger partial charge in [-0.1, -0.05) is 6.92 Å². The fourth-order valence-corrected chi connectivity index (χ4v) is 4.40. The summed E-state index contributed by atoms with van der Waals surface area (Å²) >= 11 is 0. The number of hydrogen-bond donors (Lipinski definition) is 0. The van der Waals surface area contributed by atoms with Crippen molar-refractivity contribution in [3.63, 3.8) is 0 Å². The maximum Gasteiger partial charge on any atom is 0.433 e. The molecule has 0 aliphatic rings. The van der Waals surface area contributed by atoms with Crippen LogP contribution in [0.4, 0.5) is 13.2 Å². The van der Waals surface area contributed by atoms with Crippen LogP contribution in [0, 0.1) is 6.92 Å². The number of aryl methyl sites for hydroxylation is 2. The van der Waals surface area contributed by atoms with Crippen LogP contribution in [-0.2, 0) is 23.1 Å². The van der Waals surface area contributed by atoms with Crippen molar-refractivity contribution in [2.24, 2.45) is 7.05 Å². The predicted octanol–water partition coefficient (Wildman–Crippen LogP) is 4.21. The van der Waals surface area contributed by atoms with Crippen molar-refractivity contribution in [1.29, 1.82) is 0 Å². The van der Waals surface area contributed by atoms with Crippen LogP contribution in [0.5, 0.6) is 0 Å². The Morgan fingerprint density at radius 1 is 1.03 bits per heavy atom. The van der Waals surface area contributed by atoms with Crippen molar-refractivity contribution in [1.82, 2.24) is 24.5 Å². The number of sulfone groups is 1. The second-order valence-electron chi connectivity index (χ2n) is 7.21. The Bertz CT molecular complexity index is 1450. The van der Waals surface area contributed by atoms with Gasteiger partial charge in [-0.15, -0.1) is 0 Å². The van der Waals surface area contributed by atoms with E-state index in [1.54, 1.807) is 25.4 Å². The number of fused-ring (bicyclic) bond motifs is 1. The van der Waals surface area contributed by atoms with E-state index in [0.717, 1.165) is 23.5 Å². The van der Waals surface area contributed by atoms with Gasteiger partial charge in [0.25, 0.3) is 0 Å². The van der Waals surface area contributed by atoms with Crippen molar-refractivity contribution < 1.29 is 21.6 Å². The zero-order valence-electron chi connectivity index (χ0n) is 17.3. The van der Waals surface area contributed by atoms with Gasteiger partial charge in [0.1, 0.15) is 11.4 Å². The summed E-state index contributed by atoms with van der Waals surface area (Å²) in [4.78, 5) is 16.2. The maximum atomic E-state index is 13.1. The summed E-state index contributed by atoms with van der Waals surface area (Å²) in [6.07, 6.45) is -0.428. The minimum absolute atomic E-state index is 0.0420. The minimum Gasteiger partial charge on any atom is -0.324 e. The number of alkyl halides is 3. The lowest BCUT2D eigenvalue weighted by Crippen LogP contribution is -2.09. The third kappa shape index (κ3) is 3.83. The standard InChI is InChI=1S/C21H18F3N5O2S/c1-4-32(30,31)17-8-14(13-5-6-25-12(2)7-13)10-27-19(17)20-28-15-9-18(21(22,23)24)26-11-16(15)29(20)3/h5-11H,4H2,1-3H3. The summed E-state index contributed by atoms with van der Waals surface area (Å²) in [5.41, 5.74) is 1.43. The molecule has 0 amide bonds. The molecule has 0 aliphatic heterocycles. The number of pyridine rings is 3. The van der Waals surface area contributed by atoms with Crippen molar-refractivity contribution in [2.45, 2.75) is 24.9 Å². The van der Waals surface area contributed by atoms with Gasteiger partial charge in [0.05, 0.1) is 27.9 Å². The first-order valence-corrected chi connectivity index (χ1v) is 11.2. The third-order valence-corrected chi connectivity index (χ3v) is 6.81. The minimum atomic E-state index is -4.62. The Kier molecular flexibility index (Phi) is 5.24. The molecule has 4 heterocycles. The molecular formula is C21H18F3N5O2S. The molecule has 0 bridgehead atoms. The van der Waals surface area contributed by atoms with Gasteiger partial charge in [-0.3, -0.25) is 9.97 Å². The van der Waals surface area contributed by atoms with E-state index in [0.29, 0.717) is 11.1 Å². The van der Waals surface area contributed by atoms with Gasteiger partial charge in [-0.2, -0.15) is 13.2 Å². The molecule has 4 aromatic heterocycles. The van der Waals surface area contributed by atoms with Gasteiger partial charge in [0.15, 0.2) is 15.7 Å². The number of halogens is 3. The van der Waals surface area contributed by atoms with Crippen molar-refractivity contribution in [2.75, 3.05) is 5.75 Å². The summed E-state index contributed by atoms with van der Waals surface area (Å²) in [7, 11) is -2.16. The molecule has 0 unspecified atom stereocenters. The predicted molar refractivity (Wildman–Crippen MR) is 112 cm³/mol. The largest absolute Gasteiger partial charge is 0.433 e. The Balaban J connectivity index is 1.95. The lowest BCUT2D eigenvalue weighted by molar-refractivity contribution is -0.141. The fraction of sp³-hybridized carbons (Fsp3) is 0.238. The molecule has 0 radical (unpaired) electrons. The molecule has 0 N–H and O–H groups in total. The number of imidazole rings is 1. The monoisotopic (exact) mass is 461 g/mol. The lowest BCUT2D eigenvalue weighted by Gasteiger charge is -2.11. The van der Waals surface area contributed by atoms with Crippen molar-refractivity contribution >= 4 is 20.9 Å². The van der Waals surface area contributed by atoms with Crippen LogP contribution in [0.3, 0.4) is 0 Å². The quantitative estimate of drug-likeness (QED) is 0.452. The Morgan fingerprint density at radius 3 is 2.44 bits per heavy atom. The van der Waals surface area contributed by atoms with Crippen molar-refractivity contribution in [3.05, 3.63) is 54.2 Å². The first kappa shape index (κ1) is 21.9. The van der Waals surface area contributed by atoms with E-state index in [-0.39, 0.29) is 27.7 Å². The highest BCUT2D eigenvalue weighted by Crippen LogP contribution is 2.33. The summed E-state index contributed by atoms with van der Waals surface area (Å²) in [6, 6.07) is 5.89. The van der Waals surface area contributed by atoms with Crippen LogP contribution < -0.4 is 0 Å². The van der Waals surface area contributed by atoms with Crippen LogP contribution in [0.2, 0.25) is 0 Å².